The Morgan fingerprint density at radius 2 is 2.00 bits per heavy atom. The number of nitro benzene ring substituents is 1. The number of carboxylic acids is 1. The summed E-state index contributed by atoms with van der Waals surface area (Å²) in [7, 11) is 0. The van der Waals surface area contributed by atoms with E-state index in [1.54, 1.807) is 13.8 Å². The van der Waals surface area contributed by atoms with Crippen molar-refractivity contribution in [1.82, 2.24) is 5.32 Å². The minimum absolute atomic E-state index is 0.0799. The molecular formula is C14H18N2O5. The van der Waals surface area contributed by atoms with E-state index in [9.17, 15) is 19.7 Å². The second kappa shape index (κ2) is 6.83. The van der Waals surface area contributed by atoms with E-state index in [2.05, 4.69) is 5.32 Å². The van der Waals surface area contributed by atoms with Crippen LogP contribution in [-0.4, -0.2) is 27.9 Å². The second-order valence-corrected chi connectivity index (χ2v) is 4.99. The Bertz CT molecular complexity index is 570. The Kier molecular flexibility index (Phi) is 5.40. The van der Waals surface area contributed by atoms with Crippen LogP contribution in [0.1, 0.15) is 36.2 Å². The van der Waals surface area contributed by atoms with Crippen molar-refractivity contribution in [2.45, 2.75) is 33.2 Å². The molecule has 0 saturated heterocycles. The summed E-state index contributed by atoms with van der Waals surface area (Å²) < 4.78 is 0. The van der Waals surface area contributed by atoms with Crippen LogP contribution >= 0.6 is 0 Å². The number of nitro groups is 1. The Balaban J connectivity index is 3.03. The van der Waals surface area contributed by atoms with Gasteiger partial charge in [0.05, 0.1) is 4.92 Å². The van der Waals surface area contributed by atoms with Crippen LogP contribution in [0.3, 0.4) is 0 Å². The van der Waals surface area contributed by atoms with Gasteiger partial charge in [-0.15, -0.1) is 0 Å². The molecule has 2 atom stereocenters. The number of amides is 1. The average Bonchev–Trinajstić information content (AvgIpc) is 2.42. The number of rotatable bonds is 6. The van der Waals surface area contributed by atoms with Gasteiger partial charge in [0.15, 0.2) is 0 Å². The summed E-state index contributed by atoms with van der Waals surface area (Å²) in [5.74, 6) is -2.00. The topological polar surface area (TPSA) is 110 Å². The van der Waals surface area contributed by atoms with Crippen LogP contribution in [0.5, 0.6) is 0 Å². The molecule has 21 heavy (non-hydrogen) atoms. The molecule has 1 rings (SSSR count). The lowest BCUT2D eigenvalue weighted by Crippen LogP contribution is -2.45. The van der Waals surface area contributed by atoms with E-state index in [-0.39, 0.29) is 17.2 Å². The highest BCUT2D eigenvalue weighted by Crippen LogP contribution is 2.17. The summed E-state index contributed by atoms with van der Waals surface area (Å²) in [6.07, 6.45) is 0.589. The van der Waals surface area contributed by atoms with Gasteiger partial charge < -0.3 is 10.4 Å². The smallest absolute Gasteiger partial charge is 0.326 e. The largest absolute Gasteiger partial charge is 0.480 e. The maximum Gasteiger partial charge on any atom is 0.326 e. The van der Waals surface area contributed by atoms with Gasteiger partial charge in [0.25, 0.3) is 11.6 Å². The summed E-state index contributed by atoms with van der Waals surface area (Å²) in [5, 5.41) is 22.4. The second-order valence-electron chi connectivity index (χ2n) is 4.99. The Morgan fingerprint density at radius 3 is 2.48 bits per heavy atom. The lowest BCUT2D eigenvalue weighted by Gasteiger charge is -2.20. The third-order valence-electron chi connectivity index (χ3n) is 3.30. The highest BCUT2D eigenvalue weighted by molar-refractivity contribution is 5.97. The molecule has 2 N–H and O–H groups in total. The van der Waals surface area contributed by atoms with Gasteiger partial charge in [0.2, 0.25) is 0 Å². The maximum atomic E-state index is 12.1. The minimum Gasteiger partial charge on any atom is -0.480 e. The molecular weight excluding hydrogens is 276 g/mol. The highest BCUT2D eigenvalue weighted by atomic mass is 16.6. The summed E-state index contributed by atoms with van der Waals surface area (Å²) in [6, 6.07) is 2.94. The number of nitrogens with zero attached hydrogens (tertiary/aromatic N) is 1. The fourth-order valence-electron chi connectivity index (χ4n) is 1.91. The first-order chi connectivity index (χ1) is 9.76. The fourth-order valence-corrected chi connectivity index (χ4v) is 1.91. The Morgan fingerprint density at radius 1 is 1.38 bits per heavy atom. The fraction of sp³-hybridized carbons (Fsp3) is 0.429. The lowest BCUT2D eigenvalue weighted by molar-refractivity contribution is -0.384. The van der Waals surface area contributed by atoms with E-state index in [1.165, 1.54) is 12.1 Å². The molecule has 7 heteroatoms. The lowest BCUT2D eigenvalue weighted by atomic mass is 9.98. The molecule has 1 aromatic rings. The van der Waals surface area contributed by atoms with Gasteiger partial charge in [-0.2, -0.15) is 0 Å². The van der Waals surface area contributed by atoms with E-state index in [4.69, 9.17) is 5.11 Å². The molecule has 0 heterocycles. The Labute approximate surface area is 122 Å². The van der Waals surface area contributed by atoms with Crippen molar-refractivity contribution in [3.63, 3.8) is 0 Å². The van der Waals surface area contributed by atoms with Crippen LogP contribution < -0.4 is 5.32 Å². The third kappa shape index (κ3) is 4.27. The monoisotopic (exact) mass is 294 g/mol. The van der Waals surface area contributed by atoms with Crippen LogP contribution in [-0.2, 0) is 4.79 Å². The number of carbonyl (C=O) groups excluding carboxylic acids is 1. The molecule has 0 saturated carbocycles. The van der Waals surface area contributed by atoms with E-state index >= 15 is 0 Å². The van der Waals surface area contributed by atoms with Crippen LogP contribution in [0.25, 0.3) is 0 Å². The molecule has 0 aliphatic rings. The first-order valence-corrected chi connectivity index (χ1v) is 6.56. The molecule has 0 aliphatic heterocycles. The minimum atomic E-state index is -1.13. The SMILES string of the molecule is CCC(C)[C@H](NC(=O)c1cc(C)cc([N+](=O)[O-])c1)C(=O)O. The van der Waals surface area contributed by atoms with Gasteiger partial charge in [-0.25, -0.2) is 4.79 Å². The first kappa shape index (κ1) is 16.6. The molecule has 0 radical (unpaired) electrons. The van der Waals surface area contributed by atoms with Crippen LogP contribution in [0, 0.1) is 23.0 Å². The van der Waals surface area contributed by atoms with Gasteiger partial charge in [-0.3, -0.25) is 14.9 Å². The summed E-state index contributed by atoms with van der Waals surface area (Å²) >= 11 is 0. The number of non-ortho nitro benzene ring substituents is 1. The zero-order chi connectivity index (χ0) is 16.2. The van der Waals surface area contributed by atoms with Crippen LogP contribution in [0.15, 0.2) is 18.2 Å². The van der Waals surface area contributed by atoms with Crippen molar-refractivity contribution < 1.29 is 19.6 Å². The number of benzene rings is 1. The molecule has 7 nitrogen and oxygen atoms in total. The number of aliphatic carboxylic acids is 1. The van der Waals surface area contributed by atoms with Crippen molar-refractivity contribution in [1.29, 1.82) is 0 Å². The normalized spacial score (nSPS) is 13.3. The van der Waals surface area contributed by atoms with Crippen molar-refractivity contribution >= 4 is 17.6 Å². The number of carboxylic acid groups (broad SMARTS) is 1. The van der Waals surface area contributed by atoms with Crippen molar-refractivity contribution in [2.75, 3.05) is 0 Å². The van der Waals surface area contributed by atoms with Gasteiger partial charge in [-0.05, 0) is 24.5 Å². The third-order valence-corrected chi connectivity index (χ3v) is 3.30. The van der Waals surface area contributed by atoms with Gasteiger partial charge >= 0.3 is 5.97 Å². The maximum absolute atomic E-state index is 12.1. The quantitative estimate of drug-likeness (QED) is 0.617. The number of hydrogen-bond donors (Lipinski definition) is 2. The van der Waals surface area contributed by atoms with Crippen molar-refractivity contribution in [2.24, 2.45) is 5.92 Å². The van der Waals surface area contributed by atoms with E-state index < -0.39 is 22.8 Å². The summed E-state index contributed by atoms with van der Waals surface area (Å²) in [5.41, 5.74) is 0.441. The average molecular weight is 294 g/mol. The molecule has 1 unspecified atom stereocenters. The zero-order valence-corrected chi connectivity index (χ0v) is 12.1. The van der Waals surface area contributed by atoms with Gasteiger partial charge in [0, 0.05) is 17.7 Å². The molecule has 1 aromatic carbocycles. The van der Waals surface area contributed by atoms with Crippen molar-refractivity contribution in [3.05, 3.63) is 39.4 Å². The van der Waals surface area contributed by atoms with Crippen molar-refractivity contribution in [3.8, 4) is 0 Å². The predicted octanol–water partition coefficient (Wildman–Crippen LogP) is 2.13. The van der Waals surface area contributed by atoms with E-state index in [0.717, 1.165) is 6.07 Å². The predicted molar refractivity (Wildman–Crippen MR) is 76.2 cm³/mol. The zero-order valence-electron chi connectivity index (χ0n) is 12.1. The number of aryl methyl sites for hydroxylation is 1. The van der Waals surface area contributed by atoms with Crippen LogP contribution in [0.2, 0.25) is 0 Å². The molecule has 1 amide bonds. The molecule has 114 valence electrons. The van der Waals surface area contributed by atoms with E-state index in [0.29, 0.717) is 12.0 Å². The first-order valence-electron chi connectivity index (χ1n) is 6.56. The number of carbonyl (C=O) groups is 2. The standard InChI is InChI=1S/C14H18N2O5/c1-4-9(3)12(14(18)19)15-13(17)10-5-8(2)6-11(7-10)16(20)21/h5-7,9,12H,4H2,1-3H3,(H,15,17)(H,18,19)/t9?,12-/m0/s1. The molecule has 0 spiro atoms. The molecule has 0 bridgehead atoms. The molecule has 0 aromatic heterocycles. The number of hydrogen-bond acceptors (Lipinski definition) is 4. The highest BCUT2D eigenvalue weighted by Gasteiger charge is 2.26. The molecule has 0 fully saturated rings. The summed E-state index contributed by atoms with van der Waals surface area (Å²) in [4.78, 5) is 33.5. The van der Waals surface area contributed by atoms with Crippen LogP contribution in [0.4, 0.5) is 5.69 Å². The number of nitrogens with one attached hydrogen (secondary N) is 1. The van der Waals surface area contributed by atoms with Gasteiger partial charge in [0.1, 0.15) is 6.04 Å². The summed E-state index contributed by atoms with van der Waals surface area (Å²) in [6.45, 7) is 5.18. The Hall–Kier alpha value is -2.44. The van der Waals surface area contributed by atoms with Gasteiger partial charge in [-0.1, -0.05) is 20.3 Å². The molecule has 0 aliphatic carbocycles. The van der Waals surface area contributed by atoms with E-state index in [1.807, 2.05) is 6.92 Å².